The van der Waals surface area contributed by atoms with Gasteiger partial charge < -0.3 is 4.74 Å². The maximum atomic E-state index is 12.8. The van der Waals surface area contributed by atoms with E-state index in [9.17, 15) is 8.42 Å². The average molecular weight is 428 g/mol. The Morgan fingerprint density at radius 2 is 1.73 bits per heavy atom. The van der Waals surface area contributed by atoms with Gasteiger partial charge in [0.25, 0.3) is 0 Å². The van der Waals surface area contributed by atoms with Crippen molar-refractivity contribution in [3.05, 3.63) is 71.5 Å². The van der Waals surface area contributed by atoms with Crippen LogP contribution >= 0.6 is 0 Å². The summed E-state index contributed by atoms with van der Waals surface area (Å²) in [6, 6.07) is 14.7. The molecule has 1 atom stereocenters. The molecule has 0 aliphatic rings. The Kier molecular flexibility index (Phi) is 6.95. The Bertz CT molecular complexity index is 1070. The standard InChI is InChI=1S/C23H29N3O3S/c1-5-7-19-10-14-21(15-11-19)30(27,28)25-18(4)22-16-24-23(26(22)6-2)29-20-12-8-17(3)9-13-20/h8-16,18,25H,5-7H2,1-4H3. The van der Waals surface area contributed by atoms with Gasteiger partial charge in [0.15, 0.2) is 0 Å². The SMILES string of the molecule is CCCc1ccc(S(=O)(=O)NC(C)c2cnc(Oc3ccc(C)cc3)n2CC)cc1. The van der Waals surface area contributed by atoms with Crippen LogP contribution in [0, 0.1) is 6.92 Å². The lowest BCUT2D eigenvalue weighted by atomic mass is 10.1. The molecule has 0 aliphatic carbocycles. The molecule has 0 saturated heterocycles. The molecule has 0 spiro atoms. The minimum absolute atomic E-state index is 0.257. The van der Waals surface area contributed by atoms with E-state index in [1.165, 1.54) is 0 Å². The number of nitrogens with one attached hydrogen (secondary N) is 1. The highest BCUT2D eigenvalue weighted by Gasteiger charge is 2.22. The molecule has 0 saturated carbocycles. The highest BCUT2D eigenvalue weighted by atomic mass is 32.2. The maximum absolute atomic E-state index is 12.8. The predicted molar refractivity (Wildman–Crippen MR) is 118 cm³/mol. The minimum atomic E-state index is -3.65. The van der Waals surface area contributed by atoms with Crippen molar-refractivity contribution < 1.29 is 13.2 Å². The zero-order valence-corrected chi connectivity index (χ0v) is 18.7. The molecule has 0 bridgehead atoms. The minimum Gasteiger partial charge on any atom is -0.426 e. The Morgan fingerprint density at radius 3 is 2.33 bits per heavy atom. The first-order chi connectivity index (χ1) is 14.3. The van der Waals surface area contributed by atoms with Crippen LogP contribution in [0.5, 0.6) is 11.8 Å². The fraction of sp³-hybridized carbons (Fsp3) is 0.348. The normalized spacial score (nSPS) is 12.7. The third-order valence-electron chi connectivity index (χ3n) is 4.94. The van der Waals surface area contributed by atoms with Crippen molar-refractivity contribution in [2.45, 2.75) is 58.0 Å². The second-order valence-electron chi connectivity index (χ2n) is 7.36. The number of rotatable bonds is 9. The number of sulfonamides is 1. The molecule has 7 heteroatoms. The van der Waals surface area contributed by atoms with Gasteiger partial charge in [-0.05, 0) is 57.0 Å². The summed E-state index contributed by atoms with van der Waals surface area (Å²) in [6.07, 6.45) is 3.61. The van der Waals surface area contributed by atoms with Gasteiger partial charge in [-0.3, -0.25) is 4.57 Å². The molecule has 1 N–H and O–H groups in total. The van der Waals surface area contributed by atoms with Crippen LogP contribution in [0.2, 0.25) is 0 Å². The monoisotopic (exact) mass is 427 g/mol. The van der Waals surface area contributed by atoms with Crippen LogP contribution in [-0.4, -0.2) is 18.0 Å². The predicted octanol–water partition coefficient (Wildman–Crippen LogP) is 5.00. The smallest absolute Gasteiger partial charge is 0.302 e. The van der Waals surface area contributed by atoms with Crippen LogP contribution in [0.3, 0.4) is 0 Å². The Hall–Kier alpha value is -2.64. The third-order valence-corrected chi connectivity index (χ3v) is 6.50. The zero-order chi connectivity index (χ0) is 21.7. The summed E-state index contributed by atoms with van der Waals surface area (Å²) < 4.78 is 36.2. The van der Waals surface area contributed by atoms with E-state index < -0.39 is 16.1 Å². The molecule has 1 unspecified atom stereocenters. The maximum Gasteiger partial charge on any atom is 0.302 e. The van der Waals surface area contributed by atoms with Gasteiger partial charge in [0, 0.05) is 6.54 Å². The second kappa shape index (κ2) is 9.45. The molecule has 3 rings (SSSR count). The van der Waals surface area contributed by atoms with Gasteiger partial charge in [0.05, 0.1) is 22.8 Å². The first-order valence-corrected chi connectivity index (χ1v) is 11.7. The van der Waals surface area contributed by atoms with Crippen LogP contribution in [0.4, 0.5) is 0 Å². The molecule has 160 valence electrons. The summed E-state index contributed by atoms with van der Waals surface area (Å²) in [7, 11) is -3.65. The number of benzene rings is 2. The molecule has 0 radical (unpaired) electrons. The van der Waals surface area contributed by atoms with Crippen LogP contribution in [0.25, 0.3) is 0 Å². The number of aromatic nitrogens is 2. The van der Waals surface area contributed by atoms with Gasteiger partial charge in [-0.2, -0.15) is 0 Å². The van der Waals surface area contributed by atoms with E-state index in [0.717, 1.165) is 29.7 Å². The first kappa shape index (κ1) is 22.1. The summed E-state index contributed by atoms with van der Waals surface area (Å²) in [5, 5.41) is 0. The average Bonchev–Trinajstić information content (AvgIpc) is 3.13. The molecule has 3 aromatic rings. The zero-order valence-electron chi connectivity index (χ0n) is 17.9. The van der Waals surface area contributed by atoms with Gasteiger partial charge in [0.1, 0.15) is 5.75 Å². The van der Waals surface area contributed by atoms with Crippen LogP contribution < -0.4 is 9.46 Å². The van der Waals surface area contributed by atoms with Gasteiger partial charge in [-0.25, -0.2) is 18.1 Å². The van der Waals surface area contributed by atoms with E-state index in [1.54, 1.807) is 18.3 Å². The number of hydrogen-bond donors (Lipinski definition) is 1. The van der Waals surface area contributed by atoms with Crippen molar-refractivity contribution in [2.24, 2.45) is 0 Å². The Morgan fingerprint density at radius 1 is 1.07 bits per heavy atom. The van der Waals surface area contributed by atoms with Crippen LogP contribution in [-0.2, 0) is 23.0 Å². The molecule has 1 heterocycles. The summed E-state index contributed by atoms with van der Waals surface area (Å²) in [5.74, 6) is 0.688. The topological polar surface area (TPSA) is 73.2 Å². The highest BCUT2D eigenvalue weighted by Crippen LogP contribution is 2.26. The molecule has 0 aliphatic heterocycles. The fourth-order valence-corrected chi connectivity index (χ4v) is 4.53. The second-order valence-corrected chi connectivity index (χ2v) is 9.08. The fourth-order valence-electron chi connectivity index (χ4n) is 3.31. The number of nitrogens with zero attached hydrogens (tertiary/aromatic N) is 2. The number of imidazole rings is 1. The van der Waals surface area contributed by atoms with Crippen molar-refractivity contribution >= 4 is 10.0 Å². The Labute approximate surface area is 179 Å². The van der Waals surface area contributed by atoms with Gasteiger partial charge in [0.2, 0.25) is 10.0 Å². The lowest BCUT2D eigenvalue weighted by Gasteiger charge is -2.17. The molecule has 6 nitrogen and oxygen atoms in total. The van der Waals surface area contributed by atoms with E-state index in [0.29, 0.717) is 18.3 Å². The molecular formula is C23H29N3O3S. The van der Waals surface area contributed by atoms with E-state index in [1.807, 2.05) is 61.7 Å². The summed E-state index contributed by atoms with van der Waals surface area (Å²) in [4.78, 5) is 4.62. The molecule has 0 fully saturated rings. The molecule has 0 amide bonds. The largest absolute Gasteiger partial charge is 0.426 e. The van der Waals surface area contributed by atoms with Crippen molar-refractivity contribution in [1.29, 1.82) is 0 Å². The van der Waals surface area contributed by atoms with Crippen LogP contribution in [0.1, 0.15) is 50.1 Å². The van der Waals surface area contributed by atoms with Gasteiger partial charge >= 0.3 is 6.01 Å². The molecular weight excluding hydrogens is 398 g/mol. The number of hydrogen-bond acceptors (Lipinski definition) is 4. The Balaban J connectivity index is 1.78. The van der Waals surface area contributed by atoms with E-state index in [-0.39, 0.29) is 4.90 Å². The molecule has 1 aromatic heterocycles. The van der Waals surface area contributed by atoms with Crippen LogP contribution in [0.15, 0.2) is 59.6 Å². The summed E-state index contributed by atoms with van der Waals surface area (Å²) in [5.41, 5.74) is 3.02. The quantitative estimate of drug-likeness (QED) is 0.522. The lowest BCUT2D eigenvalue weighted by Crippen LogP contribution is -2.28. The van der Waals surface area contributed by atoms with Crippen molar-refractivity contribution in [1.82, 2.24) is 14.3 Å². The molecule has 2 aromatic carbocycles. The van der Waals surface area contributed by atoms with Crippen molar-refractivity contribution in [2.75, 3.05) is 0 Å². The third kappa shape index (κ3) is 5.09. The van der Waals surface area contributed by atoms with E-state index >= 15 is 0 Å². The first-order valence-electron chi connectivity index (χ1n) is 10.2. The number of ether oxygens (including phenoxy) is 1. The van der Waals surface area contributed by atoms with E-state index in [4.69, 9.17) is 4.74 Å². The number of aryl methyl sites for hydroxylation is 2. The summed E-state index contributed by atoms with van der Waals surface area (Å²) in [6.45, 7) is 8.50. The van der Waals surface area contributed by atoms with Gasteiger partial charge in [-0.15, -0.1) is 0 Å². The highest BCUT2D eigenvalue weighted by molar-refractivity contribution is 7.89. The van der Waals surface area contributed by atoms with Crippen molar-refractivity contribution in [3.63, 3.8) is 0 Å². The van der Waals surface area contributed by atoms with Gasteiger partial charge in [-0.1, -0.05) is 43.2 Å². The summed E-state index contributed by atoms with van der Waals surface area (Å²) >= 11 is 0. The van der Waals surface area contributed by atoms with E-state index in [2.05, 4.69) is 16.6 Å². The molecule has 30 heavy (non-hydrogen) atoms. The lowest BCUT2D eigenvalue weighted by molar-refractivity contribution is 0.408. The van der Waals surface area contributed by atoms with Crippen molar-refractivity contribution in [3.8, 4) is 11.8 Å².